The number of hydrogen-bond donors (Lipinski definition) is 2. The Hall–Kier alpha value is -2.66. The molecule has 0 aromatic heterocycles. The highest BCUT2D eigenvalue weighted by Gasteiger charge is 2.14. The lowest BCUT2D eigenvalue weighted by atomic mass is 10.1. The van der Waals surface area contributed by atoms with E-state index in [1.54, 1.807) is 36.4 Å². The molecule has 2 aromatic rings. The fourth-order valence-corrected chi connectivity index (χ4v) is 1.85. The number of hydrazone groups is 1. The Morgan fingerprint density at radius 2 is 1.67 bits per heavy atom. The van der Waals surface area contributed by atoms with Crippen molar-refractivity contribution in [3.63, 3.8) is 0 Å². The highest BCUT2D eigenvalue weighted by Crippen LogP contribution is 2.12. The molecule has 0 atom stereocenters. The molecular formula is C15H11ClN2O3. The molecule has 5 nitrogen and oxygen atoms in total. The van der Waals surface area contributed by atoms with E-state index in [0.29, 0.717) is 10.6 Å². The maximum absolute atomic E-state index is 11.9. The van der Waals surface area contributed by atoms with Crippen molar-refractivity contribution in [3.05, 3.63) is 70.2 Å². The van der Waals surface area contributed by atoms with Crippen LogP contribution in [0.2, 0.25) is 5.02 Å². The summed E-state index contributed by atoms with van der Waals surface area (Å²) in [5, 5.41) is 13.3. The van der Waals surface area contributed by atoms with Crippen molar-refractivity contribution in [2.24, 2.45) is 5.10 Å². The molecule has 0 saturated carbocycles. The molecule has 0 aliphatic rings. The zero-order valence-electron chi connectivity index (χ0n) is 10.8. The van der Waals surface area contributed by atoms with E-state index in [1.807, 2.05) is 0 Å². The predicted molar refractivity (Wildman–Crippen MR) is 79.9 cm³/mol. The summed E-state index contributed by atoms with van der Waals surface area (Å²) in [6.07, 6.45) is 1.39. The lowest BCUT2D eigenvalue weighted by Crippen LogP contribution is -2.20. The summed E-state index contributed by atoms with van der Waals surface area (Å²) in [6, 6.07) is 12.9. The van der Waals surface area contributed by atoms with Crippen LogP contribution in [0.25, 0.3) is 0 Å². The standard InChI is InChI=1S/C15H11ClN2O3/c16-13-8-4-1-5-10(13)9-17-18-14(19)11-6-2-3-7-12(11)15(20)21/h1-9H,(H,18,19)(H,20,21)/b17-9+. The molecule has 0 radical (unpaired) electrons. The van der Waals surface area contributed by atoms with Gasteiger partial charge in [0.05, 0.1) is 17.3 Å². The Morgan fingerprint density at radius 1 is 1.05 bits per heavy atom. The largest absolute Gasteiger partial charge is 0.478 e. The molecule has 6 heteroatoms. The number of amides is 1. The van der Waals surface area contributed by atoms with Gasteiger partial charge in [0.25, 0.3) is 5.91 Å². The number of aromatic carboxylic acids is 1. The highest BCUT2D eigenvalue weighted by molar-refractivity contribution is 6.33. The molecule has 0 aliphatic heterocycles. The van der Waals surface area contributed by atoms with Gasteiger partial charge in [-0.25, -0.2) is 10.2 Å². The third kappa shape index (κ3) is 3.67. The predicted octanol–water partition coefficient (Wildman–Crippen LogP) is 2.80. The Morgan fingerprint density at radius 3 is 2.33 bits per heavy atom. The molecule has 0 saturated heterocycles. The van der Waals surface area contributed by atoms with Crippen molar-refractivity contribution in [3.8, 4) is 0 Å². The van der Waals surface area contributed by atoms with Crippen LogP contribution in [-0.2, 0) is 0 Å². The van der Waals surface area contributed by atoms with Gasteiger partial charge in [0.1, 0.15) is 0 Å². The van der Waals surface area contributed by atoms with E-state index in [2.05, 4.69) is 10.5 Å². The lowest BCUT2D eigenvalue weighted by Gasteiger charge is -2.03. The maximum atomic E-state index is 11.9. The van der Waals surface area contributed by atoms with Gasteiger partial charge in [-0.1, -0.05) is 41.9 Å². The Kier molecular flexibility index (Phi) is 4.68. The minimum atomic E-state index is -1.17. The molecule has 2 N–H and O–H groups in total. The van der Waals surface area contributed by atoms with Crippen molar-refractivity contribution in [1.82, 2.24) is 5.43 Å². The topological polar surface area (TPSA) is 78.8 Å². The zero-order chi connectivity index (χ0) is 15.2. The van der Waals surface area contributed by atoms with Crippen LogP contribution in [0.15, 0.2) is 53.6 Å². The number of nitrogens with zero attached hydrogens (tertiary/aromatic N) is 1. The zero-order valence-corrected chi connectivity index (χ0v) is 11.5. The highest BCUT2D eigenvalue weighted by atomic mass is 35.5. The number of hydrogen-bond acceptors (Lipinski definition) is 3. The molecular weight excluding hydrogens is 292 g/mol. The van der Waals surface area contributed by atoms with Gasteiger partial charge in [0.15, 0.2) is 0 Å². The third-order valence-electron chi connectivity index (χ3n) is 2.68. The molecule has 0 fully saturated rings. The second-order valence-electron chi connectivity index (χ2n) is 4.07. The van der Waals surface area contributed by atoms with Crippen molar-refractivity contribution >= 4 is 29.7 Å². The number of rotatable bonds is 4. The van der Waals surface area contributed by atoms with Gasteiger partial charge in [0.2, 0.25) is 0 Å². The first-order valence-corrected chi connectivity index (χ1v) is 6.37. The molecule has 0 bridgehead atoms. The molecule has 1 amide bonds. The van der Waals surface area contributed by atoms with Crippen molar-refractivity contribution in [2.45, 2.75) is 0 Å². The minimum Gasteiger partial charge on any atom is -0.478 e. The molecule has 2 rings (SSSR count). The van der Waals surface area contributed by atoms with Gasteiger partial charge < -0.3 is 5.11 Å². The van der Waals surface area contributed by atoms with Crippen molar-refractivity contribution in [1.29, 1.82) is 0 Å². The molecule has 106 valence electrons. The summed E-state index contributed by atoms with van der Waals surface area (Å²) < 4.78 is 0. The fourth-order valence-electron chi connectivity index (χ4n) is 1.67. The Bertz CT molecular complexity index is 714. The van der Waals surface area contributed by atoms with Gasteiger partial charge >= 0.3 is 5.97 Å². The average molecular weight is 303 g/mol. The molecule has 0 heterocycles. The van der Waals surface area contributed by atoms with E-state index < -0.39 is 11.9 Å². The Balaban J connectivity index is 2.13. The van der Waals surface area contributed by atoms with Crippen LogP contribution in [0.1, 0.15) is 26.3 Å². The monoisotopic (exact) mass is 302 g/mol. The van der Waals surface area contributed by atoms with E-state index in [0.717, 1.165) is 0 Å². The van der Waals surface area contributed by atoms with Crippen LogP contribution in [-0.4, -0.2) is 23.2 Å². The molecule has 21 heavy (non-hydrogen) atoms. The number of carboxylic acid groups (broad SMARTS) is 1. The van der Waals surface area contributed by atoms with Crippen LogP contribution < -0.4 is 5.43 Å². The van der Waals surface area contributed by atoms with E-state index in [4.69, 9.17) is 16.7 Å². The summed E-state index contributed by atoms with van der Waals surface area (Å²) in [4.78, 5) is 23.0. The summed E-state index contributed by atoms with van der Waals surface area (Å²) >= 11 is 5.94. The molecule has 0 aliphatic carbocycles. The van der Waals surface area contributed by atoms with E-state index in [-0.39, 0.29) is 11.1 Å². The van der Waals surface area contributed by atoms with E-state index in [9.17, 15) is 9.59 Å². The summed E-state index contributed by atoms with van der Waals surface area (Å²) in [5.74, 6) is -1.77. The maximum Gasteiger partial charge on any atom is 0.336 e. The van der Waals surface area contributed by atoms with Crippen LogP contribution in [0.3, 0.4) is 0 Å². The minimum absolute atomic E-state index is 0.0429. The molecule has 2 aromatic carbocycles. The van der Waals surface area contributed by atoms with Gasteiger partial charge in [-0.2, -0.15) is 5.10 Å². The van der Waals surface area contributed by atoms with Gasteiger partial charge in [0, 0.05) is 10.6 Å². The summed E-state index contributed by atoms with van der Waals surface area (Å²) in [7, 11) is 0. The van der Waals surface area contributed by atoms with Gasteiger partial charge in [-0.15, -0.1) is 0 Å². The normalized spacial score (nSPS) is 10.5. The van der Waals surface area contributed by atoms with Gasteiger partial charge in [-0.05, 0) is 18.2 Å². The number of benzene rings is 2. The van der Waals surface area contributed by atoms with Gasteiger partial charge in [-0.3, -0.25) is 4.79 Å². The van der Waals surface area contributed by atoms with Crippen molar-refractivity contribution < 1.29 is 14.7 Å². The number of carboxylic acids is 1. The quantitative estimate of drug-likeness (QED) is 0.673. The van der Waals surface area contributed by atoms with Crippen molar-refractivity contribution in [2.75, 3.05) is 0 Å². The molecule has 0 unspecified atom stereocenters. The number of halogens is 1. The first-order valence-electron chi connectivity index (χ1n) is 6.00. The van der Waals surface area contributed by atoms with E-state index >= 15 is 0 Å². The van der Waals surface area contributed by atoms with Crippen LogP contribution in [0.4, 0.5) is 0 Å². The SMILES string of the molecule is O=C(O)c1ccccc1C(=O)N/N=C/c1ccccc1Cl. The second kappa shape index (κ2) is 6.67. The average Bonchev–Trinajstić information content (AvgIpc) is 2.49. The number of carbonyl (C=O) groups excluding carboxylic acids is 1. The van der Waals surface area contributed by atoms with Crippen LogP contribution in [0, 0.1) is 0 Å². The number of nitrogens with one attached hydrogen (secondary N) is 1. The first kappa shape index (κ1) is 14.7. The summed E-state index contributed by atoms with van der Waals surface area (Å²) in [6.45, 7) is 0. The number of carbonyl (C=O) groups is 2. The second-order valence-corrected chi connectivity index (χ2v) is 4.48. The van der Waals surface area contributed by atoms with E-state index in [1.165, 1.54) is 18.3 Å². The Labute approximate surface area is 125 Å². The first-order chi connectivity index (χ1) is 10.1. The summed E-state index contributed by atoms with van der Waals surface area (Å²) in [5.41, 5.74) is 2.89. The smallest absolute Gasteiger partial charge is 0.336 e. The van der Waals surface area contributed by atoms with Crippen LogP contribution >= 0.6 is 11.6 Å². The fraction of sp³-hybridized carbons (Fsp3) is 0. The third-order valence-corrected chi connectivity index (χ3v) is 3.02. The lowest BCUT2D eigenvalue weighted by molar-refractivity contribution is 0.0691. The van der Waals surface area contributed by atoms with Crippen LogP contribution in [0.5, 0.6) is 0 Å². The molecule has 0 spiro atoms.